The molecular formula is C21H19N5O3. The van der Waals surface area contributed by atoms with Gasteiger partial charge >= 0.3 is 0 Å². The maximum Gasteiger partial charge on any atom is 0.283 e. The monoisotopic (exact) mass is 389 g/mol. The van der Waals surface area contributed by atoms with Crippen LogP contribution in [0.1, 0.15) is 21.5 Å². The van der Waals surface area contributed by atoms with Crippen LogP contribution in [0.2, 0.25) is 0 Å². The molecule has 29 heavy (non-hydrogen) atoms. The summed E-state index contributed by atoms with van der Waals surface area (Å²) in [4.78, 5) is 29.7. The number of hydrogen-bond donors (Lipinski definition) is 0. The fraction of sp³-hybridized carbons (Fsp3) is 0.190. The van der Waals surface area contributed by atoms with Crippen molar-refractivity contribution in [3.8, 4) is 11.4 Å². The first kappa shape index (κ1) is 18.5. The van der Waals surface area contributed by atoms with Gasteiger partial charge in [-0.15, -0.1) is 5.10 Å². The number of rotatable bonds is 5. The number of benzene rings is 2. The predicted molar refractivity (Wildman–Crippen MR) is 108 cm³/mol. The summed E-state index contributed by atoms with van der Waals surface area (Å²) in [5.74, 6) is 0.447. The van der Waals surface area contributed by atoms with Gasteiger partial charge in [-0.25, -0.2) is 4.98 Å². The normalized spacial score (nSPS) is 11.0. The highest BCUT2D eigenvalue weighted by atomic mass is 16.5. The molecule has 0 N–H and O–H groups in total. The highest BCUT2D eigenvalue weighted by Gasteiger charge is 2.16. The van der Waals surface area contributed by atoms with Crippen molar-refractivity contribution in [3.05, 3.63) is 75.8 Å². The molecule has 0 amide bonds. The molecule has 2 aromatic heterocycles. The summed E-state index contributed by atoms with van der Waals surface area (Å²) in [5, 5.41) is 8.10. The van der Waals surface area contributed by atoms with Crippen LogP contribution in [0.25, 0.3) is 16.9 Å². The van der Waals surface area contributed by atoms with E-state index in [9.17, 15) is 9.59 Å². The smallest absolute Gasteiger partial charge is 0.283 e. The van der Waals surface area contributed by atoms with E-state index >= 15 is 0 Å². The van der Waals surface area contributed by atoms with Crippen LogP contribution >= 0.6 is 0 Å². The second-order valence-corrected chi connectivity index (χ2v) is 6.85. The van der Waals surface area contributed by atoms with Crippen LogP contribution in [-0.4, -0.2) is 37.4 Å². The summed E-state index contributed by atoms with van der Waals surface area (Å²) in [6.07, 6.45) is 1.36. The first-order chi connectivity index (χ1) is 14.0. The van der Waals surface area contributed by atoms with Crippen molar-refractivity contribution in [3.63, 3.8) is 0 Å². The Bertz CT molecular complexity index is 1250. The van der Waals surface area contributed by atoms with Crippen LogP contribution in [-0.2, 0) is 6.54 Å². The summed E-state index contributed by atoms with van der Waals surface area (Å²) in [5.41, 5.74) is 3.47. The summed E-state index contributed by atoms with van der Waals surface area (Å²) in [6.45, 7) is 3.84. The third-order valence-corrected chi connectivity index (χ3v) is 4.61. The Morgan fingerprint density at radius 2 is 1.76 bits per heavy atom. The molecule has 0 aliphatic rings. The van der Waals surface area contributed by atoms with Gasteiger partial charge in [-0.05, 0) is 61.4 Å². The molecule has 8 nitrogen and oxygen atoms in total. The molecule has 0 unspecified atom stereocenters. The maximum absolute atomic E-state index is 12.8. The molecule has 0 fully saturated rings. The Morgan fingerprint density at radius 1 is 1.07 bits per heavy atom. The van der Waals surface area contributed by atoms with Crippen LogP contribution in [0.4, 0.5) is 0 Å². The lowest BCUT2D eigenvalue weighted by Gasteiger charge is -2.07. The van der Waals surface area contributed by atoms with Crippen molar-refractivity contribution in [2.45, 2.75) is 20.4 Å². The second-order valence-electron chi connectivity index (χ2n) is 6.85. The van der Waals surface area contributed by atoms with Gasteiger partial charge in [-0.2, -0.15) is 4.68 Å². The van der Waals surface area contributed by atoms with Crippen molar-refractivity contribution >= 4 is 16.9 Å². The van der Waals surface area contributed by atoms with Crippen LogP contribution in [0.3, 0.4) is 0 Å². The number of Topliss-reactive ketones (excluding diaryl/α,β-unsaturated/α-hetero) is 1. The SMILES string of the molecule is COc1ccc(C(=O)Cn2cnc3c(nnn3-c3cc(C)cc(C)c3)c2=O)cc1. The molecule has 0 atom stereocenters. The average Bonchev–Trinajstić information content (AvgIpc) is 3.14. The number of carbonyl (C=O) groups excluding carboxylic acids is 1. The third-order valence-electron chi connectivity index (χ3n) is 4.61. The number of ether oxygens (including phenoxy) is 1. The van der Waals surface area contributed by atoms with E-state index < -0.39 is 5.56 Å². The molecule has 2 aromatic carbocycles. The predicted octanol–water partition coefficient (Wildman–Crippen LogP) is 2.49. The highest BCUT2D eigenvalue weighted by Crippen LogP contribution is 2.16. The molecule has 4 rings (SSSR count). The lowest BCUT2D eigenvalue weighted by atomic mass is 10.1. The number of ketones is 1. The van der Waals surface area contributed by atoms with E-state index in [1.807, 2.05) is 32.0 Å². The van der Waals surface area contributed by atoms with Gasteiger partial charge in [0.15, 0.2) is 16.9 Å². The Balaban J connectivity index is 1.68. The molecule has 146 valence electrons. The maximum atomic E-state index is 12.8. The van der Waals surface area contributed by atoms with E-state index in [1.54, 1.807) is 31.4 Å². The molecule has 0 aliphatic carbocycles. The van der Waals surface area contributed by atoms with Crippen LogP contribution < -0.4 is 10.3 Å². The Hall–Kier alpha value is -3.81. The average molecular weight is 389 g/mol. The zero-order chi connectivity index (χ0) is 20.5. The fourth-order valence-corrected chi connectivity index (χ4v) is 3.23. The van der Waals surface area contributed by atoms with E-state index in [0.29, 0.717) is 17.0 Å². The molecule has 0 spiro atoms. The van der Waals surface area contributed by atoms with E-state index in [-0.39, 0.29) is 17.8 Å². The number of fused-ring (bicyclic) bond motifs is 1. The minimum Gasteiger partial charge on any atom is -0.497 e. The topological polar surface area (TPSA) is 91.9 Å². The molecule has 8 heteroatoms. The molecule has 2 heterocycles. The number of nitrogens with zero attached hydrogens (tertiary/aromatic N) is 5. The van der Waals surface area contributed by atoms with Gasteiger partial charge in [0.1, 0.15) is 12.1 Å². The number of methoxy groups -OCH3 is 1. The van der Waals surface area contributed by atoms with Gasteiger partial charge in [-0.3, -0.25) is 14.2 Å². The molecular weight excluding hydrogens is 370 g/mol. The van der Waals surface area contributed by atoms with E-state index in [2.05, 4.69) is 15.3 Å². The first-order valence-electron chi connectivity index (χ1n) is 9.03. The largest absolute Gasteiger partial charge is 0.497 e. The molecule has 0 aliphatic heterocycles. The zero-order valence-corrected chi connectivity index (χ0v) is 16.3. The highest BCUT2D eigenvalue weighted by molar-refractivity contribution is 5.96. The van der Waals surface area contributed by atoms with Gasteiger partial charge in [0.25, 0.3) is 5.56 Å². The van der Waals surface area contributed by atoms with Crippen LogP contribution in [0.15, 0.2) is 53.6 Å². The standard InChI is InChI=1S/C21H19N5O3/c1-13-8-14(2)10-16(9-13)26-20-19(23-24-26)21(28)25(12-22-20)11-18(27)15-4-6-17(29-3)7-5-15/h4-10,12H,11H2,1-3H3. The third kappa shape index (κ3) is 3.52. The number of aryl methyl sites for hydroxylation is 2. The molecule has 0 radical (unpaired) electrons. The van der Waals surface area contributed by atoms with E-state index in [1.165, 1.54) is 15.6 Å². The minimum atomic E-state index is -0.410. The van der Waals surface area contributed by atoms with Gasteiger partial charge in [-0.1, -0.05) is 11.3 Å². The zero-order valence-electron chi connectivity index (χ0n) is 16.3. The van der Waals surface area contributed by atoms with Crippen molar-refractivity contribution < 1.29 is 9.53 Å². The van der Waals surface area contributed by atoms with Gasteiger partial charge in [0.2, 0.25) is 0 Å². The second kappa shape index (κ2) is 7.31. The number of hydrogen-bond acceptors (Lipinski definition) is 6. The number of aromatic nitrogens is 5. The molecule has 0 bridgehead atoms. The lowest BCUT2D eigenvalue weighted by molar-refractivity contribution is 0.0970. The van der Waals surface area contributed by atoms with Crippen molar-refractivity contribution in [1.29, 1.82) is 0 Å². The Kier molecular flexibility index (Phi) is 4.67. The lowest BCUT2D eigenvalue weighted by Crippen LogP contribution is -2.25. The quantitative estimate of drug-likeness (QED) is 0.487. The summed E-state index contributed by atoms with van der Waals surface area (Å²) in [6, 6.07) is 12.7. The minimum absolute atomic E-state index is 0.120. The van der Waals surface area contributed by atoms with Crippen LogP contribution in [0.5, 0.6) is 5.75 Å². The van der Waals surface area contributed by atoms with Crippen molar-refractivity contribution in [2.24, 2.45) is 0 Å². The van der Waals surface area contributed by atoms with Crippen molar-refractivity contribution in [1.82, 2.24) is 24.5 Å². The summed E-state index contributed by atoms with van der Waals surface area (Å²) < 4.78 is 7.87. The first-order valence-corrected chi connectivity index (χ1v) is 9.03. The van der Waals surface area contributed by atoms with Crippen LogP contribution in [0, 0.1) is 13.8 Å². The number of carbonyl (C=O) groups is 1. The van der Waals surface area contributed by atoms with Gasteiger partial charge in [0.05, 0.1) is 19.3 Å². The van der Waals surface area contributed by atoms with E-state index in [0.717, 1.165) is 16.8 Å². The fourth-order valence-electron chi connectivity index (χ4n) is 3.23. The summed E-state index contributed by atoms with van der Waals surface area (Å²) in [7, 11) is 1.56. The van der Waals surface area contributed by atoms with Crippen molar-refractivity contribution in [2.75, 3.05) is 7.11 Å². The van der Waals surface area contributed by atoms with Gasteiger partial charge < -0.3 is 4.74 Å². The Labute approximate surface area is 166 Å². The molecule has 0 saturated heterocycles. The summed E-state index contributed by atoms with van der Waals surface area (Å²) >= 11 is 0. The molecule has 4 aromatic rings. The Morgan fingerprint density at radius 3 is 2.41 bits per heavy atom. The van der Waals surface area contributed by atoms with E-state index in [4.69, 9.17) is 4.74 Å². The van der Waals surface area contributed by atoms with Gasteiger partial charge in [0, 0.05) is 5.56 Å². The molecule has 0 saturated carbocycles.